The molecule has 0 bridgehead atoms. The number of hydrogen-bond donors (Lipinski definition) is 1. The van der Waals surface area contributed by atoms with Gasteiger partial charge in [0.25, 0.3) is 10.0 Å². The Morgan fingerprint density at radius 2 is 1.57 bits per heavy atom. The standard InChI is InChI=1S/C30H34Cl2FN3O5S/c1-5-28(30(38)34-17-20(2)3)35(18-25-26(31)7-6-8-27(25)32)29(37)19-36(22-11-9-21(33)10-12-22)42(39,40)24-15-13-23(41-4)14-16-24/h6-16,20,28H,5,17-19H2,1-4H3,(H,34,38). The number of sulfonamides is 1. The summed E-state index contributed by atoms with van der Waals surface area (Å²) in [6, 6.07) is 14.3. The normalized spacial score (nSPS) is 12.1. The minimum Gasteiger partial charge on any atom is -0.497 e. The van der Waals surface area contributed by atoms with Crippen LogP contribution in [0.1, 0.15) is 32.8 Å². The Kier molecular flexibility index (Phi) is 11.6. The van der Waals surface area contributed by atoms with E-state index in [2.05, 4.69) is 5.32 Å². The third kappa shape index (κ3) is 8.14. The molecule has 1 unspecified atom stereocenters. The van der Waals surface area contributed by atoms with E-state index in [-0.39, 0.29) is 29.5 Å². The van der Waals surface area contributed by atoms with E-state index in [4.69, 9.17) is 27.9 Å². The van der Waals surface area contributed by atoms with Gasteiger partial charge >= 0.3 is 0 Å². The van der Waals surface area contributed by atoms with Crippen LogP contribution in [-0.4, -0.2) is 51.4 Å². The predicted molar refractivity (Wildman–Crippen MR) is 163 cm³/mol. The van der Waals surface area contributed by atoms with E-state index in [1.165, 1.54) is 48.4 Å². The van der Waals surface area contributed by atoms with Crippen LogP contribution in [0.5, 0.6) is 5.75 Å². The van der Waals surface area contributed by atoms with Gasteiger partial charge in [0.1, 0.15) is 24.2 Å². The highest BCUT2D eigenvalue weighted by atomic mass is 35.5. The molecule has 42 heavy (non-hydrogen) atoms. The van der Waals surface area contributed by atoms with Crippen molar-refractivity contribution in [1.29, 1.82) is 0 Å². The minimum atomic E-state index is -4.33. The highest BCUT2D eigenvalue weighted by molar-refractivity contribution is 7.92. The molecule has 0 aliphatic carbocycles. The van der Waals surface area contributed by atoms with Crippen molar-refractivity contribution in [2.45, 2.75) is 44.7 Å². The molecule has 0 aliphatic rings. The van der Waals surface area contributed by atoms with Crippen LogP contribution in [-0.2, 0) is 26.2 Å². The van der Waals surface area contributed by atoms with Crippen LogP contribution in [0.3, 0.4) is 0 Å². The van der Waals surface area contributed by atoms with Crippen LogP contribution in [0.2, 0.25) is 10.0 Å². The molecule has 1 atom stereocenters. The van der Waals surface area contributed by atoms with E-state index in [0.29, 0.717) is 27.9 Å². The summed E-state index contributed by atoms with van der Waals surface area (Å²) in [6.07, 6.45) is 0.236. The first-order valence-electron chi connectivity index (χ1n) is 13.3. The smallest absolute Gasteiger partial charge is 0.264 e. The number of anilines is 1. The number of nitrogens with zero attached hydrogens (tertiary/aromatic N) is 2. The highest BCUT2D eigenvalue weighted by Crippen LogP contribution is 2.29. The Morgan fingerprint density at radius 1 is 0.976 bits per heavy atom. The number of methoxy groups -OCH3 is 1. The number of ether oxygens (including phenoxy) is 1. The fourth-order valence-electron chi connectivity index (χ4n) is 4.21. The zero-order chi connectivity index (χ0) is 31.0. The van der Waals surface area contributed by atoms with Crippen molar-refractivity contribution in [3.05, 3.63) is 88.2 Å². The summed E-state index contributed by atoms with van der Waals surface area (Å²) in [6.45, 7) is 5.19. The van der Waals surface area contributed by atoms with Gasteiger partial charge in [-0.15, -0.1) is 0 Å². The Labute approximate surface area is 256 Å². The van der Waals surface area contributed by atoms with Crippen molar-refractivity contribution in [3.8, 4) is 5.75 Å². The second-order valence-electron chi connectivity index (χ2n) is 9.95. The first kappa shape index (κ1) is 33.2. The van der Waals surface area contributed by atoms with E-state index in [9.17, 15) is 22.4 Å². The van der Waals surface area contributed by atoms with Crippen LogP contribution < -0.4 is 14.4 Å². The monoisotopic (exact) mass is 637 g/mol. The number of amides is 2. The molecule has 0 saturated heterocycles. The molecule has 3 aromatic rings. The van der Waals surface area contributed by atoms with E-state index >= 15 is 0 Å². The molecule has 0 fully saturated rings. The maximum absolute atomic E-state index is 14.1. The summed E-state index contributed by atoms with van der Waals surface area (Å²) in [5.41, 5.74) is 0.476. The number of nitrogens with one attached hydrogen (secondary N) is 1. The molecule has 0 saturated carbocycles. The maximum Gasteiger partial charge on any atom is 0.264 e. The molecule has 3 rings (SSSR count). The van der Waals surface area contributed by atoms with Crippen molar-refractivity contribution in [2.75, 3.05) is 24.5 Å². The zero-order valence-electron chi connectivity index (χ0n) is 23.8. The molecule has 0 aliphatic heterocycles. The van der Waals surface area contributed by atoms with Crippen molar-refractivity contribution in [1.82, 2.24) is 10.2 Å². The summed E-state index contributed by atoms with van der Waals surface area (Å²) in [5, 5.41) is 3.44. The lowest BCUT2D eigenvalue weighted by Crippen LogP contribution is -2.52. The van der Waals surface area contributed by atoms with Crippen molar-refractivity contribution >= 4 is 50.7 Å². The van der Waals surface area contributed by atoms with Crippen LogP contribution in [0.15, 0.2) is 71.6 Å². The van der Waals surface area contributed by atoms with Crippen LogP contribution in [0.4, 0.5) is 10.1 Å². The fraction of sp³-hybridized carbons (Fsp3) is 0.333. The SMILES string of the molecule is CCC(C(=O)NCC(C)C)N(Cc1c(Cl)cccc1Cl)C(=O)CN(c1ccc(F)cc1)S(=O)(=O)c1ccc(OC)cc1. The maximum atomic E-state index is 14.1. The van der Waals surface area contributed by atoms with Crippen LogP contribution in [0, 0.1) is 11.7 Å². The second-order valence-corrected chi connectivity index (χ2v) is 12.6. The third-order valence-corrected chi connectivity index (χ3v) is 9.00. The number of halogens is 3. The van der Waals surface area contributed by atoms with Gasteiger partial charge in [-0.05, 0) is 73.0 Å². The Balaban J connectivity index is 2.08. The molecular formula is C30H34Cl2FN3O5S. The first-order valence-corrected chi connectivity index (χ1v) is 15.5. The van der Waals surface area contributed by atoms with E-state index in [0.717, 1.165) is 16.4 Å². The van der Waals surface area contributed by atoms with Gasteiger partial charge in [0, 0.05) is 28.7 Å². The molecule has 0 aromatic heterocycles. The summed E-state index contributed by atoms with van der Waals surface area (Å²) in [5.74, 6) is -1.04. The van der Waals surface area contributed by atoms with Gasteiger partial charge in [-0.1, -0.05) is 50.0 Å². The Morgan fingerprint density at radius 3 is 2.10 bits per heavy atom. The Hall–Kier alpha value is -3.34. The molecule has 12 heteroatoms. The number of rotatable bonds is 13. The molecule has 226 valence electrons. The van der Waals surface area contributed by atoms with Gasteiger partial charge in [-0.25, -0.2) is 12.8 Å². The minimum absolute atomic E-state index is 0.0635. The van der Waals surface area contributed by atoms with Gasteiger partial charge in [-0.2, -0.15) is 0 Å². The zero-order valence-corrected chi connectivity index (χ0v) is 26.1. The molecule has 0 radical (unpaired) electrons. The molecular weight excluding hydrogens is 604 g/mol. The number of benzene rings is 3. The lowest BCUT2D eigenvalue weighted by atomic mass is 10.1. The lowest BCUT2D eigenvalue weighted by Gasteiger charge is -2.33. The largest absolute Gasteiger partial charge is 0.497 e. The number of hydrogen-bond acceptors (Lipinski definition) is 5. The van der Waals surface area contributed by atoms with E-state index in [1.54, 1.807) is 25.1 Å². The fourth-order valence-corrected chi connectivity index (χ4v) is 6.14. The van der Waals surface area contributed by atoms with Crippen molar-refractivity contribution in [3.63, 3.8) is 0 Å². The van der Waals surface area contributed by atoms with Crippen molar-refractivity contribution in [2.24, 2.45) is 5.92 Å². The van der Waals surface area contributed by atoms with Crippen LogP contribution >= 0.6 is 23.2 Å². The summed E-state index contributed by atoms with van der Waals surface area (Å²) in [7, 11) is -2.88. The third-order valence-electron chi connectivity index (χ3n) is 6.50. The first-order chi connectivity index (χ1) is 19.9. The summed E-state index contributed by atoms with van der Waals surface area (Å²) in [4.78, 5) is 28.6. The number of carbonyl (C=O) groups excluding carboxylic acids is 2. The Bertz CT molecular complexity index is 1470. The molecule has 0 spiro atoms. The topological polar surface area (TPSA) is 96.0 Å². The van der Waals surface area contributed by atoms with Gasteiger partial charge in [0.15, 0.2) is 0 Å². The predicted octanol–water partition coefficient (Wildman–Crippen LogP) is 5.92. The van der Waals surface area contributed by atoms with Gasteiger partial charge in [0.2, 0.25) is 11.8 Å². The van der Waals surface area contributed by atoms with E-state index < -0.39 is 40.2 Å². The second kappa shape index (κ2) is 14.7. The average Bonchev–Trinajstić information content (AvgIpc) is 2.96. The van der Waals surface area contributed by atoms with Gasteiger partial charge in [-0.3, -0.25) is 13.9 Å². The van der Waals surface area contributed by atoms with Gasteiger partial charge < -0.3 is 15.0 Å². The molecule has 3 aromatic carbocycles. The molecule has 0 heterocycles. The highest BCUT2D eigenvalue weighted by Gasteiger charge is 2.34. The summed E-state index contributed by atoms with van der Waals surface area (Å²) < 4.78 is 47.6. The summed E-state index contributed by atoms with van der Waals surface area (Å²) >= 11 is 12.9. The van der Waals surface area contributed by atoms with E-state index in [1.807, 2.05) is 13.8 Å². The quantitative estimate of drug-likeness (QED) is 0.251. The molecule has 1 N–H and O–H groups in total. The van der Waals surface area contributed by atoms with Gasteiger partial charge in [0.05, 0.1) is 17.7 Å². The van der Waals surface area contributed by atoms with Crippen molar-refractivity contribution < 1.29 is 27.1 Å². The molecule has 8 nitrogen and oxygen atoms in total. The molecule has 2 amide bonds. The number of carbonyl (C=O) groups is 2. The van der Waals surface area contributed by atoms with Crippen LogP contribution in [0.25, 0.3) is 0 Å². The average molecular weight is 639 g/mol. The lowest BCUT2D eigenvalue weighted by molar-refractivity contribution is -0.140.